The van der Waals surface area contributed by atoms with Crippen molar-refractivity contribution in [3.8, 4) is 11.5 Å². The van der Waals surface area contributed by atoms with Gasteiger partial charge in [0.15, 0.2) is 11.5 Å². The molecule has 1 saturated heterocycles. The molecule has 12 heteroatoms. The molecule has 5 amide bonds. The average molecular weight is 510 g/mol. The van der Waals surface area contributed by atoms with Crippen LogP contribution in [-0.4, -0.2) is 69.8 Å². The number of nitrogens with one attached hydrogen (secondary N) is 3. The van der Waals surface area contributed by atoms with Crippen LogP contribution < -0.4 is 21.7 Å². The molecule has 12 nitrogen and oxygen atoms in total. The Bertz CT molecular complexity index is 1280. The number of carbonyl (C=O) groups is 5. The van der Waals surface area contributed by atoms with E-state index < -0.39 is 35.7 Å². The molecule has 2 aliphatic heterocycles. The van der Waals surface area contributed by atoms with Gasteiger partial charge in [-0.1, -0.05) is 12.1 Å². The summed E-state index contributed by atoms with van der Waals surface area (Å²) in [6.45, 7) is 0.669. The third-order valence-electron chi connectivity index (χ3n) is 6.27. The molecule has 4 rings (SSSR count). The fraction of sp³-hybridized carbons (Fsp3) is 0.320. The first-order valence-electron chi connectivity index (χ1n) is 11.8. The molecule has 2 aliphatic rings. The Labute approximate surface area is 211 Å². The number of amides is 5. The van der Waals surface area contributed by atoms with Crippen molar-refractivity contribution in [3.05, 3.63) is 53.1 Å². The number of phenols is 2. The molecule has 0 radical (unpaired) electrons. The molecule has 37 heavy (non-hydrogen) atoms. The zero-order valence-electron chi connectivity index (χ0n) is 19.8. The summed E-state index contributed by atoms with van der Waals surface area (Å²) >= 11 is 0. The summed E-state index contributed by atoms with van der Waals surface area (Å²) in [7, 11) is 0. The van der Waals surface area contributed by atoms with Crippen molar-refractivity contribution < 1.29 is 34.2 Å². The van der Waals surface area contributed by atoms with Crippen LogP contribution in [0.4, 0.5) is 5.69 Å². The maximum Gasteiger partial charge on any atom is 0.264 e. The third kappa shape index (κ3) is 5.38. The Morgan fingerprint density at radius 1 is 1.08 bits per heavy atom. The standard InChI is InChI=1S/C25H27N5O7/c26-15(11-13-5-7-18(31)19(32)12-13)22(34)28-10-2-9-27-16-4-1-3-14-21(16)25(37)30(24(14)36)17-6-8-20(33)29-23(17)35/h1,3-5,7,12,15,17,27,31-32H,2,6,8-11,26H2,(H,28,34)(H,29,33,35)/t15-,17?/m0/s1. The highest BCUT2D eigenvalue weighted by Crippen LogP contribution is 2.32. The number of imide groups is 2. The fourth-order valence-electron chi connectivity index (χ4n) is 4.36. The molecule has 2 heterocycles. The van der Waals surface area contributed by atoms with E-state index in [9.17, 15) is 34.2 Å². The van der Waals surface area contributed by atoms with E-state index in [1.165, 1.54) is 18.2 Å². The number of rotatable bonds is 9. The lowest BCUT2D eigenvalue weighted by Crippen LogP contribution is -2.54. The van der Waals surface area contributed by atoms with Crippen molar-refractivity contribution in [1.29, 1.82) is 0 Å². The van der Waals surface area contributed by atoms with Crippen LogP contribution >= 0.6 is 0 Å². The van der Waals surface area contributed by atoms with Crippen molar-refractivity contribution in [3.63, 3.8) is 0 Å². The third-order valence-corrected chi connectivity index (χ3v) is 6.27. The molecule has 2 aromatic rings. The van der Waals surface area contributed by atoms with Crippen molar-refractivity contribution in [2.75, 3.05) is 18.4 Å². The SMILES string of the molecule is N[C@@H](Cc1ccc(O)c(O)c1)C(=O)NCCCNc1cccc2c1C(=O)N(C1CCC(=O)NC1=O)C2=O. The molecular weight excluding hydrogens is 482 g/mol. The predicted molar refractivity (Wildman–Crippen MR) is 131 cm³/mol. The number of benzene rings is 2. The number of hydrogen-bond donors (Lipinski definition) is 6. The Morgan fingerprint density at radius 3 is 2.59 bits per heavy atom. The van der Waals surface area contributed by atoms with Gasteiger partial charge in [-0.25, -0.2) is 0 Å². The van der Waals surface area contributed by atoms with E-state index in [0.29, 0.717) is 30.8 Å². The minimum Gasteiger partial charge on any atom is -0.504 e. The van der Waals surface area contributed by atoms with Gasteiger partial charge in [-0.15, -0.1) is 0 Å². The molecule has 0 aromatic heterocycles. The van der Waals surface area contributed by atoms with E-state index in [2.05, 4.69) is 16.0 Å². The second-order valence-electron chi connectivity index (χ2n) is 8.88. The van der Waals surface area contributed by atoms with Crippen LogP contribution in [-0.2, 0) is 20.8 Å². The zero-order valence-corrected chi connectivity index (χ0v) is 19.8. The molecule has 0 bridgehead atoms. The number of piperidine rings is 1. The van der Waals surface area contributed by atoms with Crippen LogP contribution in [0.15, 0.2) is 36.4 Å². The van der Waals surface area contributed by atoms with Crippen LogP contribution in [0.1, 0.15) is 45.5 Å². The van der Waals surface area contributed by atoms with E-state index >= 15 is 0 Å². The zero-order chi connectivity index (χ0) is 26.7. The number of nitrogens with zero attached hydrogens (tertiary/aromatic N) is 1. The number of carbonyl (C=O) groups excluding carboxylic acids is 5. The van der Waals surface area contributed by atoms with E-state index in [1.54, 1.807) is 18.2 Å². The molecule has 1 fully saturated rings. The van der Waals surface area contributed by atoms with Gasteiger partial charge in [0.1, 0.15) is 6.04 Å². The second-order valence-corrected chi connectivity index (χ2v) is 8.88. The Morgan fingerprint density at radius 2 is 1.86 bits per heavy atom. The minimum absolute atomic E-state index is 0.0434. The van der Waals surface area contributed by atoms with Crippen LogP contribution in [0.2, 0.25) is 0 Å². The minimum atomic E-state index is -1.04. The van der Waals surface area contributed by atoms with Crippen LogP contribution in [0, 0.1) is 0 Å². The van der Waals surface area contributed by atoms with E-state index in [0.717, 1.165) is 4.90 Å². The Hall–Kier alpha value is -4.45. The molecule has 194 valence electrons. The number of anilines is 1. The number of aromatic hydroxyl groups is 2. The van der Waals surface area contributed by atoms with Crippen LogP contribution in [0.5, 0.6) is 11.5 Å². The van der Waals surface area contributed by atoms with Gasteiger partial charge in [0.25, 0.3) is 11.8 Å². The first-order chi connectivity index (χ1) is 17.7. The van der Waals surface area contributed by atoms with Gasteiger partial charge in [0.05, 0.1) is 17.2 Å². The van der Waals surface area contributed by atoms with Gasteiger partial charge in [-0.2, -0.15) is 0 Å². The maximum atomic E-state index is 13.1. The van der Waals surface area contributed by atoms with E-state index in [1.807, 2.05) is 0 Å². The Balaban J connectivity index is 1.29. The summed E-state index contributed by atoms with van der Waals surface area (Å²) in [5.41, 5.74) is 7.31. The van der Waals surface area contributed by atoms with Gasteiger partial charge in [0.2, 0.25) is 17.7 Å². The number of nitrogens with two attached hydrogens (primary N) is 1. The molecule has 7 N–H and O–H groups in total. The number of fused-ring (bicyclic) bond motifs is 1. The molecule has 0 spiro atoms. The van der Waals surface area contributed by atoms with Crippen molar-refractivity contribution in [1.82, 2.24) is 15.5 Å². The number of phenolic OH excluding ortho intramolecular Hbond substituents is 2. The summed E-state index contributed by atoms with van der Waals surface area (Å²) in [5, 5.41) is 26.9. The van der Waals surface area contributed by atoms with Gasteiger partial charge < -0.3 is 26.6 Å². The molecular formula is C25H27N5O7. The largest absolute Gasteiger partial charge is 0.504 e. The average Bonchev–Trinajstić information content (AvgIpc) is 3.11. The maximum absolute atomic E-state index is 13.1. The second kappa shape index (κ2) is 10.7. The van der Waals surface area contributed by atoms with Crippen molar-refractivity contribution in [2.24, 2.45) is 5.73 Å². The first kappa shape index (κ1) is 25.6. The van der Waals surface area contributed by atoms with Crippen molar-refractivity contribution in [2.45, 2.75) is 37.8 Å². The lowest BCUT2D eigenvalue weighted by atomic mass is 10.0. The highest BCUT2D eigenvalue weighted by molar-refractivity contribution is 6.25. The lowest BCUT2D eigenvalue weighted by molar-refractivity contribution is -0.136. The molecule has 0 aliphatic carbocycles. The van der Waals surface area contributed by atoms with Gasteiger partial charge in [-0.3, -0.25) is 34.2 Å². The monoisotopic (exact) mass is 509 g/mol. The molecule has 0 saturated carbocycles. The van der Waals surface area contributed by atoms with Gasteiger partial charge in [-0.05, 0) is 49.1 Å². The topological polar surface area (TPSA) is 191 Å². The van der Waals surface area contributed by atoms with E-state index in [-0.39, 0.29) is 47.8 Å². The molecule has 2 atom stereocenters. The summed E-state index contributed by atoms with van der Waals surface area (Å²) in [6.07, 6.45) is 0.783. The summed E-state index contributed by atoms with van der Waals surface area (Å²) < 4.78 is 0. The quantitative estimate of drug-likeness (QED) is 0.153. The normalized spacial score (nSPS) is 17.9. The lowest BCUT2D eigenvalue weighted by Gasteiger charge is -2.27. The highest BCUT2D eigenvalue weighted by Gasteiger charge is 2.45. The highest BCUT2D eigenvalue weighted by atomic mass is 16.3. The summed E-state index contributed by atoms with van der Waals surface area (Å²) in [5.74, 6) is -3.21. The summed E-state index contributed by atoms with van der Waals surface area (Å²) in [6, 6.07) is 7.14. The predicted octanol–water partition coefficient (Wildman–Crippen LogP) is -0.0128. The Kier molecular flexibility index (Phi) is 7.39. The van der Waals surface area contributed by atoms with Crippen LogP contribution in [0.3, 0.4) is 0 Å². The van der Waals surface area contributed by atoms with Gasteiger partial charge in [0, 0.05) is 25.2 Å². The fourth-order valence-corrected chi connectivity index (χ4v) is 4.36. The smallest absolute Gasteiger partial charge is 0.264 e. The summed E-state index contributed by atoms with van der Waals surface area (Å²) in [4.78, 5) is 62.9. The molecule has 1 unspecified atom stereocenters. The van der Waals surface area contributed by atoms with Crippen molar-refractivity contribution >= 4 is 35.2 Å². The number of hydrogen-bond acceptors (Lipinski definition) is 9. The first-order valence-corrected chi connectivity index (χ1v) is 11.8. The van der Waals surface area contributed by atoms with Gasteiger partial charge >= 0.3 is 0 Å². The molecule has 2 aromatic carbocycles. The van der Waals surface area contributed by atoms with Crippen LogP contribution in [0.25, 0.3) is 0 Å². The van der Waals surface area contributed by atoms with E-state index in [4.69, 9.17) is 5.73 Å².